The molecule has 0 bridgehead atoms. The number of nitrogens with zero attached hydrogens (tertiary/aromatic N) is 1. The molecule has 5 nitrogen and oxygen atoms in total. The average molecular weight is 362 g/mol. The van der Waals surface area contributed by atoms with Crippen molar-refractivity contribution in [3.8, 4) is 0 Å². The lowest BCUT2D eigenvalue weighted by molar-refractivity contribution is -0.122. The Morgan fingerprint density at radius 1 is 1.23 bits per heavy atom. The van der Waals surface area contributed by atoms with E-state index >= 15 is 0 Å². The van der Waals surface area contributed by atoms with Crippen LogP contribution in [0.1, 0.15) is 22.8 Å². The van der Waals surface area contributed by atoms with Crippen molar-refractivity contribution in [1.82, 2.24) is 15.6 Å². The minimum atomic E-state index is -0.618. The van der Waals surface area contributed by atoms with Gasteiger partial charge < -0.3 is 10.6 Å². The summed E-state index contributed by atoms with van der Waals surface area (Å²) in [6, 6.07) is 10.0. The molecule has 0 radical (unpaired) electrons. The number of rotatable bonds is 5. The third-order valence-electron chi connectivity index (χ3n) is 3.04. The zero-order valence-electron chi connectivity index (χ0n) is 12.0. The maximum absolute atomic E-state index is 12.0. The molecule has 0 aliphatic carbocycles. The van der Waals surface area contributed by atoms with E-state index < -0.39 is 6.04 Å². The highest BCUT2D eigenvalue weighted by Gasteiger charge is 2.16. The van der Waals surface area contributed by atoms with E-state index in [9.17, 15) is 9.59 Å². The molecule has 6 heteroatoms. The van der Waals surface area contributed by atoms with Crippen LogP contribution in [0.5, 0.6) is 0 Å². The highest BCUT2D eigenvalue weighted by Crippen LogP contribution is 2.10. The molecule has 2 N–H and O–H groups in total. The highest BCUT2D eigenvalue weighted by molar-refractivity contribution is 9.10. The van der Waals surface area contributed by atoms with Gasteiger partial charge in [-0.1, -0.05) is 22.0 Å². The summed E-state index contributed by atoms with van der Waals surface area (Å²) >= 11 is 3.31. The van der Waals surface area contributed by atoms with Gasteiger partial charge in [0.25, 0.3) is 5.91 Å². The van der Waals surface area contributed by atoms with Crippen molar-refractivity contribution < 1.29 is 9.59 Å². The van der Waals surface area contributed by atoms with Crippen molar-refractivity contribution in [3.63, 3.8) is 0 Å². The number of pyridine rings is 1. The van der Waals surface area contributed by atoms with E-state index in [2.05, 4.69) is 31.5 Å². The van der Waals surface area contributed by atoms with Gasteiger partial charge in [0, 0.05) is 29.0 Å². The number of hydrogen-bond acceptors (Lipinski definition) is 3. The summed E-state index contributed by atoms with van der Waals surface area (Å²) in [6.45, 7) is 2.03. The van der Waals surface area contributed by atoms with E-state index in [1.165, 1.54) is 0 Å². The lowest BCUT2D eigenvalue weighted by Gasteiger charge is -2.14. The van der Waals surface area contributed by atoms with Gasteiger partial charge in [0.2, 0.25) is 5.91 Å². The van der Waals surface area contributed by atoms with Gasteiger partial charge in [-0.3, -0.25) is 14.6 Å². The monoisotopic (exact) mass is 361 g/mol. The molecule has 0 saturated heterocycles. The van der Waals surface area contributed by atoms with E-state index in [1.807, 2.05) is 6.07 Å². The number of nitrogens with one attached hydrogen (secondary N) is 2. The van der Waals surface area contributed by atoms with E-state index in [0.29, 0.717) is 12.1 Å². The summed E-state index contributed by atoms with van der Waals surface area (Å²) in [7, 11) is 0. The molecule has 1 heterocycles. The first kappa shape index (κ1) is 16.2. The van der Waals surface area contributed by atoms with Gasteiger partial charge in [0.15, 0.2) is 0 Å². The second kappa shape index (κ2) is 7.70. The molecule has 114 valence electrons. The number of aromatic nitrogens is 1. The SMILES string of the molecule is C[C@@H](NC(=O)c1ccc(Br)cc1)C(=O)NCc1cccnc1. The van der Waals surface area contributed by atoms with E-state index in [1.54, 1.807) is 49.6 Å². The minimum absolute atomic E-state index is 0.241. The summed E-state index contributed by atoms with van der Waals surface area (Å²) in [5.41, 5.74) is 1.41. The van der Waals surface area contributed by atoms with Crippen LogP contribution in [-0.2, 0) is 11.3 Å². The molecular weight excluding hydrogens is 346 g/mol. The molecule has 2 aromatic rings. The van der Waals surface area contributed by atoms with Crippen LogP contribution in [0.25, 0.3) is 0 Å². The quantitative estimate of drug-likeness (QED) is 0.857. The third kappa shape index (κ3) is 4.66. The maximum Gasteiger partial charge on any atom is 0.251 e. The number of carbonyl (C=O) groups is 2. The summed E-state index contributed by atoms with van der Waals surface area (Å²) in [5.74, 6) is -0.522. The molecule has 0 saturated carbocycles. The standard InChI is InChI=1S/C16H16BrN3O2/c1-11(15(21)19-10-12-3-2-8-18-9-12)20-16(22)13-4-6-14(17)7-5-13/h2-9,11H,10H2,1H3,(H,19,21)(H,20,22)/t11-/m1/s1. The Hall–Kier alpha value is -2.21. The van der Waals surface area contributed by atoms with Gasteiger partial charge in [-0.25, -0.2) is 0 Å². The lowest BCUT2D eigenvalue weighted by Crippen LogP contribution is -2.44. The Balaban J connectivity index is 1.85. The van der Waals surface area contributed by atoms with E-state index in [0.717, 1.165) is 10.0 Å². The molecule has 0 unspecified atom stereocenters. The van der Waals surface area contributed by atoms with Crippen LogP contribution in [0.15, 0.2) is 53.3 Å². The fraction of sp³-hybridized carbons (Fsp3) is 0.188. The van der Waals surface area contributed by atoms with Crippen LogP contribution in [0.4, 0.5) is 0 Å². The first-order valence-electron chi connectivity index (χ1n) is 6.79. The fourth-order valence-electron chi connectivity index (χ4n) is 1.79. The summed E-state index contributed by atoms with van der Waals surface area (Å²) < 4.78 is 0.895. The molecule has 22 heavy (non-hydrogen) atoms. The lowest BCUT2D eigenvalue weighted by atomic mass is 10.2. The molecule has 0 fully saturated rings. The molecule has 0 spiro atoms. The Kier molecular flexibility index (Phi) is 5.66. The fourth-order valence-corrected chi connectivity index (χ4v) is 2.06. The van der Waals surface area contributed by atoms with Gasteiger partial charge in [0.05, 0.1) is 0 Å². The van der Waals surface area contributed by atoms with Crippen molar-refractivity contribution in [1.29, 1.82) is 0 Å². The Morgan fingerprint density at radius 3 is 2.59 bits per heavy atom. The second-order valence-corrected chi connectivity index (χ2v) is 5.70. The van der Waals surface area contributed by atoms with Crippen LogP contribution >= 0.6 is 15.9 Å². The topological polar surface area (TPSA) is 71.1 Å². The third-order valence-corrected chi connectivity index (χ3v) is 3.57. The van der Waals surface area contributed by atoms with E-state index in [-0.39, 0.29) is 11.8 Å². The molecule has 0 aliphatic rings. The molecule has 1 aromatic carbocycles. The summed E-state index contributed by atoms with van der Waals surface area (Å²) in [6.07, 6.45) is 3.36. The molecule has 1 aromatic heterocycles. The van der Waals surface area contributed by atoms with Crippen LogP contribution in [0, 0.1) is 0 Å². The zero-order chi connectivity index (χ0) is 15.9. The minimum Gasteiger partial charge on any atom is -0.350 e. The van der Waals surface area contributed by atoms with Crippen LogP contribution < -0.4 is 10.6 Å². The van der Waals surface area contributed by atoms with Crippen molar-refractivity contribution in [2.45, 2.75) is 19.5 Å². The molecule has 1 atom stereocenters. The first-order chi connectivity index (χ1) is 10.6. The van der Waals surface area contributed by atoms with Crippen molar-refractivity contribution >= 4 is 27.7 Å². The van der Waals surface area contributed by atoms with Gasteiger partial charge >= 0.3 is 0 Å². The largest absolute Gasteiger partial charge is 0.350 e. The van der Waals surface area contributed by atoms with Gasteiger partial charge in [-0.05, 0) is 42.8 Å². The molecule has 2 amide bonds. The van der Waals surface area contributed by atoms with Crippen molar-refractivity contribution in [2.75, 3.05) is 0 Å². The van der Waals surface area contributed by atoms with Crippen molar-refractivity contribution in [2.24, 2.45) is 0 Å². The maximum atomic E-state index is 12.0. The molecule has 2 rings (SSSR count). The van der Waals surface area contributed by atoms with Crippen LogP contribution in [-0.4, -0.2) is 22.8 Å². The second-order valence-electron chi connectivity index (χ2n) is 4.78. The highest BCUT2D eigenvalue weighted by atomic mass is 79.9. The molecular formula is C16H16BrN3O2. The van der Waals surface area contributed by atoms with Gasteiger partial charge in [0.1, 0.15) is 6.04 Å². The zero-order valence-corrected chi connectivity index (χ0v) is 13.6. The number of amides is 2. The first-order valence-corrected chi connectivity index (χ1v) is 7.58. The number of benzene rings is 1. The summed E-state index contributed by atoms with van der Waals surface area (Å²) in [5, 5.41) is 5.43. The predicted octanol–water partition coefficient (Wildman–Crippen LogP) is 2.28. The average Bonchev–Trinajstić information content (AvgIpc) is 2.54. The Morgan fingerprint density at radius 2 is 1.95 bits per heavy atom. The van der Waals surface area contributed by atoms with Crippen LogP contribution in [0.3, 0.4) is 0 Å². The van der Waals surface area contributed by atoms with E-state index in [4.69, 9.17) is 0 Å². The smallest absolute Gasteiger partial charge is 0.251 e. The number of carbonyl (C=O) groups excluding carboxylic acids is 2. The predicted molar refractivity (Wildman–Crippen MR) is 87.2 cm³/mol. The van der Waals surface area contributed by atoms with Crippen LogP contribution in [0.2, 0.25) is 0 Å². The van der Waals surface area contributed by atoms with Crippen molar-refractivity contribution in [3.05, 3.63) is 64.4 Å². The summed E-state index contributed by atoms with van der Waals surface area (Å²) in [4.78, 5) is 28.0. The van der Waals surface area contributed by atoms with Gasteiger partial charge in [-0.2, -0.15) is 0 Å². The number of hydrogen-bond donors (Lipinski definition) is 2. The Bertz CT molecular complexity index is 644. The molecule has 0 aliphatic heterocycles. The van der Waals surface area contributed by atoms with Gasteiger partial charge in [-0.15, -0.1) is 0 Å². The normalized spacial score (nSPS) is 11.5. The Labute approximate surface area is 137 Å². The number of halogens is 1.